The monoisotopic (exact) mass is 532 g/mol. The Hall–Kier alpha value is -3.75. The van der Waals surface area contributed by atoms with Crippen LogP contribution >= 0.6 is 15.9 Å². The van der Waals surface area contributed by atoms with Gasteiger partial charge in [-0.05, 0) is 60.7 Å². The normalized spacial score (nSPS) is 21.6. The van der Waals surface area contributed by atoms with Gasteiger partial charge in [0.1, 0.15) is 29.3 Å². The number of hydroxylamine groups is 1. The number of amides is 2. The molecule has 3 atom stereocenters. The van der Waals surface area contributed by atoms with E-state index in [1.54, 1.807) is 5.06 Å². The fourth-order valence-corrected chi connectivity index (χ4v) is 4.89. The molecule has 2 fully saturated rings. The zero-order valence-corrected chi connectivity index (χ0v) is 19.8. The summed E-state index contributed by atoms with van der Waals surface area (Å²) in [5, 5.41) is 1.58. The summed E-state index contributed by atoms with van der Waals surface area (Å²) >= 11 is 3.43. The van der Waals surface area contributed by atoms with Crippen molar-refractivity contribution in [3.05, 3.63) is 107 Å². The number of furan rings is 1. The lowest BCUT2D eigenvalue weighted by Crippen LogP contribution is -2.37. The smallest absolute Gasteiger partial charge is 0.266 e. The Morgan fingerprint density at radius 3 is 2.20 bits per heavy atom. The molecule has 174 valence electrons. The fraction of sp³-hybridized carbons (Fsp3) is 0.111. The van der Waals surface area contributed by atoms with E-state index >= 15 is 0 Å². The first-order chi connectivity index (χ1) is 17.0. The van der Waals surface area contributed by atoms with Gasteiger partial charge in [0, 0.05) is 10.0 Å². The van der Waals surface area contributed by atoms with E-state index in [0.717, 1.165) is 14.9 Å². The van der Waals surface area contributed by atoms with E-state index in [-0.39, 0.29) is 0 Å². The molecule has 6 nitrogen and oxygen atoms in total. The number of carbonyl (C=O) groups excluding carboxylic acids is 2. The molecule has 35 heavy (non-hydrogen) atoms. The van der Waals surface area contributed by atoms with Crippen LogP contribution in [0.5, 0.6) is 0 Å². The number of carbonyl (C=O) groups is 2. The van der Waals surface area contributed by atoms with Gasteiger partial charge in [-0.2, -0.15) is 0 Å². The molecule has 1 aromatic heterocycles. The second-order valence-electron chi connectivity index (χ2n) is 8.36. The Morgan fingerprint density at radius 2 is 1.49 bits per heavy atom. The maximum atomic E-state index is 13.6. The van der Waals surface area contributed by atoms with Crippen molar-refractivity contribution in [1.82, 2.24) is 0 Å². The third kappa shape index (κ3) is 3.66. The second-order valence-corrected chi connectivity index (χ2v) is 9.27. The molecule has 6 rings (SSSR count). The van der Waals surface area contributed by atoms with E-state index in [1.165, 1.54) is 24.3 Å². The molecular formula is C27H18BrFN2O4. The zero-order valence-electron chi connectivity index (χ0n) is 18.2. The van der Waals surface area contributed by atoms with Crippen LogP contribution in [0.2, 0.25) is 0 Å². The predicted octanol–water partition coefficient (Wildman–Crippen LogP) is 5.90. The lowest BCUT2D eigenvalue weighted by atomic mass is 9.94. The van der Waals surface area contributed by atoms with Crippen LogP contribution in [0.15, 0.2) is 99.9 Å². The molecule has 2 amide bonds. The molecule has 4 aromatic rings. The molecule has 2 aliphatic rings. The average molecular weight is 533 g/mol. The van der Waals surface area contributed by atoms with Crippen LogP contribution in [0.3, 0.4) is 0 Å². The van der Waals surface area contributed by atoms with E-state index in [1.807, 2.05) is 66.7 Å². The zero-order chi connectivity index (χ0) is 24.1. The van der Waals surface area contributed by atoms with Gasteiger partial charge in [0.2, 0.25) is 5.91 Å². The number of fused-ring (bicyclic) bond motifs is 1. The molecule has 0 radical (unpaired) electrons. The third-order valence-electron chi connectivity index (χ3n) is 6.26. The Morgan fingerprint density at radius 1 is 0.771 bits per heavy atom. The minimum atomic E-state index is -1.03. The molecule has 0 spiro atoms. The molecule has 2 saturated heterocycles. The van der Waals surface area contributed by atoms with E-state index in [2.05, 4.69) is 15.9 Å². The topological polar surface area (TPSA) is 63.0 Å². The number of para-hydroxylation sites is 1. The molecule has 0 bridgehead atoms. The number of imide groups is 1. The first kappa shape index (κ1) is 21.8. The van der Waals surface area contributed by atoms with Crippen molar-refractivity contribution in [1.29, 1.82) is 0 Å². The third-order valence-corrected chi connectivity index (χ3v) is 6.79. The standard InChI is InChI=1S/C27H18BrFN2O4/c28-17-8-6-16(7-9-17)21-14-15-22(34-21)24-23-25(35-31(24)20-4-2-1-3-5-20)27(33)30(26(23)32)19-12-10-18(29)11-13-19/h1-15,23-25H/t23-,24-,25-/m0/s1. The SMILES string of the molecule is O=C1[C@@H]2[C@H](ON(c3ccccc3)[C@H]2c2ccc(-c3ccc(Br)cc3)o2)C(=O)N1c1ccc(F)cc1. The molecule has 3 aromatic carbocycles. The van der Waals surface area contributed by atoms with Crippen molar-refractivity contribution < 1.29 is 23.2 Å². The highest BCUT2D eigenvalue weighted by atomic mass is 79.9. The van der Waals surface area contributed by atoms with Gasteiger partial charge in [-0.1, -0.05) is 46.3 Å². The number of hydrogen-bond donors (Lipinski definition) is 0. The first-order valence-electron chi connectivity index (χ1n) is 11.0. The fourth-order valence-electron chi connectivity index (χ4n) is 4.63. The van der Waals surface area contributed by atoms with Crippen molar-refractivity contribution >= 4 is 39.1 Å². The number of anilines is 2. The van der Waals surface area contributed by atoms with Crippen molar-refractivity contribution in [2.45, 2.75) is 12.1 Å². The first-order valence-corrected chi connectivity index (χ1v) is 11.8. The van der Waals surface area contributed by atoms with Gasteiger partial charge in [-0.3, -0.25) is 14.4 Å². The Labute approximate surface area is 208 Å². The van der Waals surface area contributed by atoms with Gasteiger partial charge in [0.15, 0.2) is 6.10 Å². The summed E-state index contributed by atoms with van der Waals surface area (Å²) in [4.78, 5) is 34.1. The van der Waals surface area contributed by atoms with E-state index in [0.29, 0.717) is 22.9 Å². The highest BCUT2D eigenvalue weighted by Gasteiger charge is 2.61. The van der Waals surface area contributed by atoms with Crippen LogP contribution in [-0.4, -0.2) is 17.9 Å². The Balaban J connectivity index is 1.41. The minimum Gasteiger partial charge on any atom is -0.459 e. The molecule has 0 aliphatic carbocycles. The van der Waals surface area contributed by atoms with Gasteiger partial charge < -0.3 is 4.42 Å². The molecule has 0 unspecified atom stereocenters. The van der Waals surface area contributed by atoms with Crippen LogP contribution in [-0.2, 0) is 14.4 Å². The number of hydrogen-bond acceptors (Lipinski definition) is 5. The quantitative estimate of drug-likeness (QED) is 0.306. The highest BCUT2D eigenvalue weighted by molar-refractivity contribution is 9.10. The summed E-state index contributed by atoms with van der Waals surface area (Å²) in [6.07, 6.45) is -1.03. The lowest BCUT2D eigenvalue weighted by Gasteiger charge is -2.27. The number of nitrogens with zero attached hydrogens (tertiary/aromatic N) is 2. The summed E-state index contributed by atoms with van der Waals surface area (Å²) in [7, 11) is 0. The molecule has 8 heteroatoms. The van der Waals surface area contributed by atoms with Gasteiger partial charge in [-0.15, -0.1) is 0 Å². The maximum Gasteiger partial charge on any atom is 0.266 e. The van der Waals surface area contributed by atoms with Crippen molar-refractivity contribution in [2.24, 2.45) is 5.92 Å². The van der Waals surface area contributed by atoms with Crippen molar-refractivity contribution in [2.75, 3.05) is 9.96 Å². The van der Waals surface area contributed by atoms with E-state index < -0.39 is 35.7 Å². The summed E-state index contributed by atoms with van der Waals surface area (Å²) in [5.41, 5.74) is 1.88. The molecular weight excluding hydrogens is 515 g/mol. The Kier molecular flexibility index (Phi) is 5.27. The number of halogens is 2. The van der Waals surface area contributed by atoms with Gasteiger partial charge >= 0.3 is 0 Å². The van der Waals surface area contributed by atoms with E-state index in [4.69, 9.17) is 9.25 Å². The van der Waals surface area contributed by atoms with Crippen LogP contribution in [0.25, 0.3) is 11.3 Å². The van der Waals surface area contributed by atoms with Gasteiger partial charge in [0.05, 0.1) is 11.4 Å². The van der Waals surface area contributed by atoms with Crippen molar-refractivity contribution in [3.8, 4) is 11.3 Å². The summed E-state index contributed by atoms with van der Waals surface area (Å²) in [6, 6.07) is 25.2. The van der Waals surface area contributed by atoms with Gasteiger partial charge in [-0.25, -0.2) is 14.4 Å². The van der Waals surface area contributed by atoms with Crippen LogP contribution in [0.1, 0.15) is 11.8 Å². The second kappa shape index (κ2) is 8.48. The summed E-state index contributed by atoms with van der Waals surface area (Å²) < 4.78 is 20.6. The number of benzene rings is 3. The van der Waals surface area contributed by atoms with Crippen LogP contribution in [0.4, 0.5) is 15.8 Å². The minimum absolute atomic E-state index is 0.305. The van der Waals surface area contributed by atoms with E-state index in [9.17, 15) is 14.0 Å². The van der Waals surface area contributed by atoms with Gasteiger partial charge in [0.25, 0.3) is 5.91 Å². The van der Waals surface area contributed by atoms with Crippen LogP contribution in [0, 0.1) is 11.7 Å². The van der Waals surface area contributed by atoms with Crippen LogP contribution < -0.4 is 9.96 Å². The molecule has 2 aliphatic heterocycles. The number of rotatable bonds is 4. The van der Waals surface area contributed by atoms with Crippen molar-refractivity contribution in [3.63, 3.8) is 0 Å². The largest absolute Gasteiger partial charge is 0.459 e. The predicted molar refractivity (Wildman–Crippen MR) is 131 cm³/mol. The average Bonchev–Trinajstić information content (AvgIpc) is 3.56. The molecule has 3 heterocycles. The highest BCUT2D eigenvalue weighted by Crippen LogP contribution is 2.48. The lowest BCUT2D eigenvalue weighted by molar-refractivity contribution is -0.126. The Bertz CT molecular complexity index is 1410. The molecule has 0 saturated carbocycles. The molecule has 0 N–H and O–H groups in total. The maximum absolute atomic E-state index is 13.6. The summed E-state index contributed by atoms with van der Waals surface area (Å²) in [5.74, 6) is -1.06. The summed E-state index contributed by atoms with van der Waals surface area (Å²) in [6.45, 7) is 0.